The number of hydrogen-bond donors (Lipinski definition) is 1. The zero-order valence-electron chi connectivity index (χ0n) is 14.8. The van der Waals surface area contributed by atoms with Crippen LogP contribution in [-0.2, 0) is 9.84 Å². The Balaban J connectivity index is 1.64. The number of amides is 2. The highest BCUT2D eigenvalue weighted by Crippen LogP contribution is 2.18. The number of hydrogen-bond acceptors (Lipinski definition) is 5. The van der Waals surface area contributed by atoms with Crippen LogP contribution in [0.25, 0.3) is 5.69 Å². The number of nitrogens with zero attached hydrogens (tertiary/aromatic N) is 3. The quantitative estimate of drug-likeness (QED) is 0.868. The first kappa shape index (κ1) is 18.2. The van der Waals surface area contributed by atoms with Gasteiger partial charge in [0.2, 0.25) is 0 Å². The molecular weight excluding hydrogens is 356 g/mol. The molecular formula is C17H22N4O4S. The number of urea groups is 1. The number of ether oxygens (including phenoxy) is 1. The topological polar surface area (TPSA) is 93.5 Å². The summed E-state index contributed by atoms with van der Waals surface area (Å²) in [5.41, 5.74) is 1.71. The molecule has 0 unspecified atom stereocenters. The van der Waals surface area contributed by atoms with Crippen LogP contribution in [0.1, 0.15) is 18.5 Å². The molecule has 0 aliphatic carbocycles. The van der Waals surface area contributed by atoms with E-state index in [1.165, 1.54) is 4.90 Å². The molecule has 2 amide bonds. The molecule has 1 saturated heterocycles. The Hall–Kier alpha value is -2.55. The van der Waals surface area contributed by atoms with Gasteiger partial charge in [-0.15, -0.1) is 0 Å². The lowest BCUT2D eigenvalue weighted by atomic mass is 10.2. The molecule has 1 aromatic carbocycles. The highest BCUT2D eigenvalue weighted by molar-refractivity contribution is 7.91. The normalized spacial score (nSPS) is 17.5. The number of rotatable bonds is 4. The second-order valence-electron chi connectivity index (χ2n) is 6.23. The second kappa shape index (κ2) is 7.36. The second-order valence-corrected chi connectivity index (χ2v) is 8.53. The van der Waals surface area contributed by atoms with Crippen LogP contribution in [0.2, 0.25) is 0 Å². The van der Waals surface area contributed by atoms with E-state index in [2.05, 4.69) is 10.4 Å². The smallest absolute Gasteiger partial charge is 0.317 e. The summed E-state index contributed by atoms with van der Waals surface area (Å²) in [4.78, 5) is 13.9. The number of methoxy groups -OCH3 is 1. The summed E-state index contributed by atoms with van der Waals surface area (Å²) in [5.74, 6) is 0.770. The van der Waals surface area contributed by atoms with Gasteiger partial charge in [-0.1, -0.05) is 6.07 Å². The van der Waals surface area contributed by atoms with Crippen LogP contribution < -0.4 is 10.1 Å². The van der Waals surface area contributed by atoms with Crippen LogP contribution in [0.5, 0.6) is 5.75 Å². The van der Waals surface area contributed by atoms with Crippen LogP contribution in [0.15, 0.2) is 36.7 Å². The minimum Gasteiger partial charge on any atom is -0.497 e. The molecule has 0 radical (unpaired) electrons. The largest absolute Gasteiger partial charge is 0.497 e. The van der Waals surface area contributed by atoms with E-state index in [4.69, 9.17) is 4.74 Å². The fourth-order valence-corrected chi connectivity index (χ4v) is 3.93. The first-order valence-corrected chi connectivity index (χ1v) is 10.1. The van der Waals surface area contributed by atoms with Crippen LogP contribution in [-0.4, -0.2) is 60.8 Å². The molecule has 8 nitrogen and oxygen atoms in total. The van der Waals surface area contributed by atoms with E-state index in [1.54, 1.807) is 18.0 Å². The predicted octanol–water partition coefficient (Wildman–Crippen LogP) is 1.38. The molecule has 0 spiro atoms. The van der Waals surface area contributed by atoms with Crippen molar-refractivity contribution >= 4 is 15.9 Å². The lowest BCUT2D eigenvalue weighted by Gasteiger charge is -2.28. The van der Waals surface area contributed by atoms with E-state index < -0.39 is 9.84 Å². The van der Waals surface area contributed by atoms with E-state index in [0.29, 0.717) is 0 Å². The minimum absolute atomic E-state index is 0.0164. The molecule has 1 aromatic heterocycles. The van der Waals surface area contributed by atoms with E-state index in [-0.39, 0.29) is 36.7 Å². The van der Waals surface area contributed by atoms with Gasteiger partial charge < -0.3 is 15.0 Å². The first-order valence-electron chi connectivity index (χ1n) is 8.33. The van der Waals surface area contributed by atoms with Crippen LogP contribution in [0, 0.1) is 0 Å². The standard InChI is InChI=1S/C17H22N4O4S/c1-13(19-17(22)20-6-8-26(23,24)9-7-20)14-11-18-21(12-14)15-4-3-5-16(10-15)25-2/h3-5,10-13H,6-9H2,1-2H3,(H,19,22)/t13-/m1/s1. The molecule has 2 heterocycles. The van der Waals surface area contributed by atoms with Crippen LogP contribution in [0.3, 0.4) is 0 Å². The van der Waals surface area contributed by atoms with Crippen molar-refractivity contribution in [2.75, 3.05) is 31.7 Å². The van der Waals surface area contributed by atoms with Gasteiger partial charge in [0.1, 0.15) is 5.75 Å². The monoisotopic (exact) mass is 378 g/mol. The van der Waals surface area contributed by atoms with Crippen molar-refractivity contribution in [3.8, 4) is 11.4 Å². The average Bonchev–Trinajstić information content (AvgIpc) is 3.12. The van der Waals surface area contributed by atoms with Gasteiger partial charge in [0.05, 0.1) is 36.5 Å². The molecule has 0 saturated carbocycles. The van der Waals surface area contributed by atoms with Crippen molar-refractivity contribution in [3.63, 3.8) is 0 Å². The zero-order chi connectivity index (χ0) is 18.7. The third-order valence-electron chi connectivity index (χ3n) is 4.39. The van der Waals surface area contributed by atoms with Crippen molar-refractivity contribution in [1.82, 2.24) is 20.0 Å². The van der Waals surface area contributed by atoms with Gasteiger partial charge in [0, 0.05) is 30.9 Å². The van der Waals surface area contributed by atoms with E-state index in [9.17, 15) is 13.2 Å². The maximum absolute atomic E-state index is 12.3. The van der Waals surface area contributed by atoms with Gasteiger partial charge in [-0.3, -0.25) is 0 Å². The molecule has 3 rings (SSSR count). The Labute approximate surface area is 152 Å². The van der Waals surface area contributed by atoms with E-state index >= 15 is 0 Å². The highest BCUT2D eigenvalue weighted by Gasteiger charge is 2.26. The first-order chi connectivity index (χ1) is 12.4. The summed E-state index contributed by atoms with van der Waals surface area (Å²) < 4.78 is 29.9. The summed E-state index contributed by atoms with van der Waals surface area (Å²) in [6.07, 6.45) is 3.55. The molecule has 0 bridgehead atoms. The molecule has 1 N–H and O–H groups in total. The number of sulfone groups is 1. The summed E-state index contributed by atoms with van der Waals surface area (Å²) in [5, 5.41) is 7.23. The molecule has 1 atom stereocenters. The number of nitrogens with one attached hydrogen (secondary N) is 1. The average molecular weight is 378 g/mol. The predicted molar refractivity (Wildman–Crippen MR) is 97.3 cm³/mol. The van der Waals surface area contributed by atoms with E-state index in [1.807, 2.05) is 37.4 Å². The Morgan fingerprint density at radius 3 is 2.73 bits per heavy atom. The summed E-state index contributed by atoms with van der Waals surface area (Å²) in [6.45, 7) is 2.32. The fourth-order valence-electron chi connectivity index (χ4n) is 2.73. The van der Waals surface area contributed by atoms with Crippen molar-refractivity contribution in [1.29, 1.82) is 0 Å². The lowest BCUT2D eigenvalue weighted by Crippen LogP contribution is -2.48. The van der Waals surface area contributed by atoms with Gasteiger partial charge in [-0.2, -0.15) is 5.10 Å². The van der Waals surface area contributed by atoms with Crippen molar-refractivity contribution in [2.24, 2.45) is 0 Å². The summed E-state index contributed by atoms with van der Waals surface area (Å²) >= 11 is 0. The third-order valence-corrected chi connectivity index (χ3v) is 6.00. The third kappa shape index (κ3) is 4.16. The molecule has 140 valence electrons. The lowest BCUT2D eigenvalue weighted by molar-refractivity contribution is 0.199. The molecule has 9 heteroatoms. The van der Waals surface area contributed by atoms with E-state index in [0.717, 1.165) is 17.0 Å². The van der Waals surface area contributed by atoms with Gasteiger partial charge in [-0.05, 0) is 19.1 Å². The number of aromatic nitrogens is 2. The highest BCUT2D eigenvalue weighted by atomic mass is 32.2. The fraction of sp³-hybridized carbons (Fsp3) is 0.412. The Bertz CT molecular complexity index is 880. The number of carbonyl (C=O) groups is 1. The Morgan fingerprint density at radius 1 is 1.31 bits per heavy atom. The number of benzene rings is 1. The van der Waals surface area contributed by atoms with Crippen LogP contribution >= 0.6 is 0 Å². The SMILES string of the molecule is COc1cccc(-n2cc([C@@H](C)NC(=O)N3CCS(=O)(=O)CC3)cn2)c1. The minimum atomic E-state index is -3.01. The van der Waals surface area contributed by atoms with Crippen molar-refractivity contribution in [2.45, 2.75) is 13.0 Å². The molecule has 1 aliphatic rings. The molecule has 1 fully saturated rings. The molecule has 26 heavy (non-hydrogen) atoms. The molecule has 2 aromatic rings. The molecule has 1 aliphatic heterocycles. The summed E-state index contributed by atoms with van der Waals surface area (Å²) in [7, 11) is -1.40. The Morgan fingerprint density at radius 2 is 2.04 bits per heavy atom. The maximum Gasteiger partial charge on any atom is 0.317 e. The van der Waals surface area contributed by atoms with Crippen LogP contribution in [0.4, 0.5) is 4.79 Å². The van der Waals surface area contributed by atoms with Crippen molar-refractivity contribution < 1.29 is 17.9 Å². The zero-order valence-corrected chi connectivity index (χ0v) is 15.6. The van der Waals surface area contributed by atoms with Gasteiger partial charge in [0.15, 0.2) is 9.84 Å². The number of carbonyl (C=O) groups excluding carboxylic acids is 1. The van der Waals surface area contributed by atoms with Crippen molar-refractivity contribution in [3.05, 3.63) is 42.2 Å². The van der Waals surface area contributed by atoms with Gasteiger partial charge in [0.25, 0.3) is 0 Å². The maximum atomic E-state index is 12.3. The Kier molecular flexibility index (Phi) is 5.17. The summed E-state index contributed by atoms with van der Waals surface area (Å²) in [6, 6.07) is 7.01. The van der Waals surface area contributed by atoms with Gasteiger partial charge in [-0.25, -0.2) is 17.9 Å². The van der Waals surface area contributed by atoms with Gasteiger partial charge >= 0.3 is 6.03 Å².